The Hall–Kier alpha value is -1.06. The summed E-state index contributed by atoms with van der Waals surface area (Å²) in [6.45, 7) is 1.65. The van der Waals surface area contributed by atoms with Crippen LogP contribution in [-0.2, 0) is 4.79 Å². The van der Waals surface area contributed by atoms with Gasteiger partial charge in [-0.1, -0.05) is 28.1 Å². The van der Waals surface area contributed by atoms with E-state index in [-0.39, 0.29) is 5.91 Å². The van der Waals surface area contributed by atoms with E-state index >= 15 is 0 Å². The van der Waals surface area contributed by atoms with Crippen LogP contribution >= 0.6 is 27.5 Å². The second-order valence-corrected chi connectivity index (χ2v) is 5.38. The average molecular weight is 313 g/mol. The topological polar surface area (TPSA) is 29.1 Å². The molecule has 1 amide bonds. The lowest BCUT2D eigenvalue weighted by molar-refractivity contribution is -0.115. The van der Waals surface area contributed by atoms with E-state index in [1.54, 1.807) is 6.92 Å². The van der Waals surface area contributed by atoms with Gasteiger partial charge in [-0.25, -0.2) is 0 Å². The van der Waals surface area contributed by atoms with E-state index in [0.29, 0.717) is 0 Å². The molecule has 0 radical (unpaired) electrons. The van der Waals surface area contributed by atoms with Gasteiger partial charge in [0.25, 0.3) is 0 Å². The highest BCUT2D eigenvalue weighted by Crippen LogP contribution is 2.23. The summed E-state index contributed by atoms with van der Waals surface area (Å²) in [5, 5.41) is 4.43. The van der Waals surface area contributed by atoms with Gasteiger partial charge in [0.1, 0.15) is 5.38 Å². The first-order chi connectivity index (χ1) is 8.06. The molecule has 0 fully saturated rings. The van der Waals surface area contributed by atoms with Crippen LogP contribution in [0.25, 0.3) is 10.8 Å². The summed E-state index contributed by atoms with van der Waals surface area (Å²) in [5.74, 6) is -0.192. The molecular formula is C13H11BrClNO. The molecule has 2 aromatic carbocycles. The number of rotatable bonds is 2. The van der Waals surface area contributed by atoms with Gasteiger partial charge < -0.3 is 5.32 Å². The van der Waals surface area contributed by atoms with Crippen LogP contribution in [0.15, 0.2) is 40.9 Å². The Labute approximate surface area is 113 Å². The van der Waals surface area contributed by atoms with Gasteiger partial charge in [0.2, 0.25) is 5.91 Å². The maximum Gasteiger partial charge on any atom is 0.242 e. The number of hydrogen-bond donors (Lipinski definition) is 1. The summed E-state index contributed by atoms with van der Waals surface area (Å²) in [5.41, 5.74) is 0.761. The van der Waals surface area contributed by atoms with Crippen molar-refractivity contribution in [2.45, 2.75) is 12.3 Å². The first kappa shape index (κ1) is 12.4. The highest BCUT2D eigenvalue weighted by molar-refractivity contribution is 9.10. The molecule has 0 spiro atoms. The van der Waals surface area contributed by atoms with Crippen LogP contribution in [0.1, 0.15) is 6.92 Å². The molecule has 88 valence electrons. The molecule has 0 aliphatic heterocycles. The number of amides is 1. The molecule has 1 unspecified atom stereocenters. The van der Waals surface area contributed by atoms with Gasteiger partial charge in [-0.15, -0.1) is 11.6 Å². The quantitative estimate of drug-likeness (QED) is 0.829. The molecular weight excluding hydrogens is 302 g/mol. The zero-order chi connectivity index (χ0) is 12.4. The Morgan fingerprint density at radius 1 is 1.24 bits per heavy atom. The number of carbonyl (C=O) groups is 1. The Morgan fingerprint density at radius 3 is 2.59 bits per heavy atom. The van der Waals surface area contributed by atoms with Crippen LogP contribution in [0, 0.1) is 0 Å². The zero-order valence-corrected chi connectivity index (χ0v) is 11.5. The second kappa shape index (κ2) is 5.07. The predicted molar refractivity (Wildman–Crippen MR) is 75.6 cm³/mol. The number of anilines is 1. The van der Waals surface area contributed by atoms with E-state index in [2.05, 4.69) is 21.2 Å². The molecule has 0 saturated carbocycles. The molecule has 0 aliphatic carbocycles. The minimum atomic E-state index is -0.532. The van der Waals surface area contributed by atoms with Crippen molar-refractivity contribution in [2.75, 3.05) is 5.32 Å². The Balaban J connectivity index is 2.32. The van der Waals surface area contributed by atoms with E-state index in [0.717, 1.165) is 20.9 Å². The van der Waals surface area contributed by atoms with Crippen molar-refractivity contribution in [1.82, 2.24) is 0 Å². The molecule has 0 bridgehead atoms. The van der Waals surface area contributed by atoms with Crippen LogP contribution in [0.4, 0.5) is 5.69 Å². The van der Waals surface area contributed by atoms with Gasteiger partial charge in [-0.05, 0) is 42.0 Å². The molecule has 17 heavy (non-hydrogen) atoms. The summed E-state index contributed by atoms with van der Waals surface area (Å²) < 4.78 is 1.04. The molecule has 2 aromatic rings. The molecule has 0 aromatic heterocycles. The van der Waals surface area contributed by atoms with Crippen LogP contribution < -0.4 is 5.32 Å². The maximum absolute atomic E-state index is 11.5. The monoisotopic (exact) mass is 311 g/mol. The first-order valence-corrected chi connectivity index (χ1v) is 6.43. The van der Waals surface area contributed by atoms with Gasteiger partial charge in [-0.2, -0.15) is 0 Å². The fourth-order valence-corrected chi connectivity index (χ4v) is 1.97. The lowest BCUT2D eigenvalue weighted by Crippen LogP contribution is -2.20. The predicted octanol–water partition coefficient (Wildman–Crippen LogP) is 4.17. The highest BCUT2D eigenvalue weighted by atomic mass is 79.9. The SMILES string of the molecule is CC(Cl)C(=O)Nc1ccc2cc(Br)ccc2c1. The molecule has 0 aliphatic rings. The van der Waals surface area contributed by atoms with Crippen molar-refractivity contribution in [2.24, 2.45) is 0 Å². The van der Waals surface area contributed by atoms with Gasteiger partial charge in [0.05, 0.1) is 0 Å². The number of fused-ring (bicyclic) bond motifs is 1. The number of benzene rings is 2. The van der Waals surface area contributed by atoms with Gasteiger partial charge >= 0.3 is 0 Å². The van der Waals surface area contributed by atoms with Crippen molar-refractivity contribution < 1.29 is 4.79 Å². The Kier molecular flexibility index (Phi) is 3.69. The Morgan fingerprint density at radius 2 is 1.88 bits per heavy atom. The third kappa shape index (κ3) is 2.99. The van der Waals surface area contributed by atoms with Crippen LogP contribution in [-0.4, -0.2) is 11.3 Å². The maximum atomic E-state index is 11.5. The Bertz CT molecular complexity index is 568. The standard InChI is InChI=1S/C13H11BrClNO/c1-8(15)13(17)16-12-5-3-9-6-11(14)4-2-10(9)7-12/h2-8H,1H3,(H,16,17). The lowest BCUT2D eigenvalue weighted by atomic mass is 10.1. The fourth-order valence-electron chi connectivity index (χ4n) is 1.54. The molecule has 4 heteroatoms. The van der Waals surface area contributed by atoms with E-state index < -0.39 is 5.38 Å². The summed E-state index contributed by atoms with van der Waals surface area (Å²) in [4.78, 5) is 11.5. The lowest BCUT2D eigenvalue weighted by Gasteiger charge is -2.07. The molecule has 1 N–H and O–H groups in total. The van der Waals surface area contributed by atoms with Crippen LogP contribution in [0.2, 0.25) is 0 Å². The van der Waals surface area contributed by atoms with E-state index in [9.17, 15) is 4.79 Å². The minimum absolute atomic E-state index is 0.192. The van der Waals surface area contributed by atoms with Crippen molar-refractivity contribution in [3.63, 3.8) is 0 Å². The number of alkyl halides is 1. The van der Waals surface area contributed by atoms with Crippen LogP contribution in [0.3, 0.4) is 0 Å². The van der Waals surface area contributed by atoms with Crippen molar-refractivity contribution in [1.29, 1.82) is 0 Å². The number of nitrogens with one attached hydrogen (secondary N) is 1. The van der Waals surface area contributed by atoms with Crippen molar-refractivity contribution in [3.05, 3.63) is 40.9 Å². The van der Waals surface area contributed by atoms with E-state index in [1.807, 2.05) is 36.4 Å². The van der Waals surface area contributed by atoms with Crippen molar-refractivity contribution >= 4 is 49.9 Å². The van der Waals surface area contributed by atoms with Crippen LogP contribution in [0.5, 0.6) is 0 Å². The van der Waals surface area contributed by atoms with Gasteiger partial charge in [0, 0.05) is 10.2 Å². The summed E-state index contributed by atoms with van der Waals surface area (Å²) in [6, 6.07) is 11.8. The smallest absolute Gasteiger partial charge is 0.242 e. The third-order valence-electron chi connectivity index (χ3n) is 2.43. The van der Waals surface area contributed by atoms with Gasteiger partial charge in [-0.3, -0.25) is 4.79 Å². The number of carbonyl (C=O) groups excluding carboxylic acids is 1. The molecule has 0 heterocycles. The number of hydrogen-bond acceptors (Lipinski definition) is 1. The molecule has 1 atom stereocenters. The summed E-state index contributed by atoms with van der Waals surface area (Å²) >= 11 is 9.12. The minimum Gasteiger partial charge on any atom is -0.325 e. The van der Waals surface area contributed by atoms with Gasteiger partial charge in [0.15, 0.2) is 0 Å². The first-order valence-electron chi connectivity index (χ1n) is 5.20. The fraction of sp³-hybridized carbons (Fsp3) is 0.154. The summed E-state index contributed by atoms with van der Waals surface area (Å²) in [7, 11) is 0. The zero-order valence-electron chi connectivity index (χ0n) is 9.21. The largest absolute Gasteiger partial charge is 0.325 e. The average Bonchev–Trinajstić information content (AvgIpc) is 2.29. The highest BCUT2D eigenvalue weighted by Gasteiger charge is 2.09. The van der Waals surface area contributed by atoms with E-state index in [4.69, 9.17) is 11.6 Å². The van der Waals surface area contributed by atoms with E-state index in [1.165, 1.54) is 0 Å². The molecule has 2 nitrogen and oxygen atoms in total. The summed E-state index contributed by atoms with van der Waals surface area (Å²) in [6.07, 6.45) is 0. The number of halogens is 2. The molecule has 2 rings (SSSR count). The normalized spacial score (nSPS) is 12.4. The second-order valence-electron chi connectivity index (χ2n) is 3.81. The van der Waals surface area contributed by atoms with Crippen molar-refractivity contribution in [3.8, 4) is 0 Å². The molecule has 0 saturated heterocycles. The third-order valence-corrected chi connectivity index (χ3v) is 3.12.